The summed E-state index contributed by atoms with van der Waals surface area (Å²) in [5.74, 6) is -0.270. The van der Waals surface area contributed by atoms with E-state index in [0.717, 1.165) is 5.56 Å². The van der Waals surface area contributed by atoms with E-state index in [0.29, 0.717) is 17.3 Å². The van der Waals surface area contributed by atoms with Crippen molar-refractivity contribution in [2.45, 2.75) is 11.4 Å². The number of benzene rings is 3. The zero-order chi connectivity index (χ0) is 22.4. The van der Waals surface area contributed by atoms with E-state index in [9.17, 15) is 13.2 Å². The summed E-state index contributed by atoms with van der Waals surface area (Å²) >= 11 is 6.25. The molecule has 3 aromatic rings. The highest BCUT2D eigenvalue weighted by atomic mass is 35.5. The molecule has 0 atom stereocenters. The van der Waals surface area contributed by atoms with Gasteiger partial charge in [0, 0.05) is 19.2 Å². The topological polar surface area (TPSA) is 57.7 Å². The quantitative estimate of drug-likeness (QED) is 0.450. The molecule has 0 saturated carbocycles. The van der Waals surface area contributed by atoms with E-state index >= 15 is 0 Å². The van der Waals surface area contributed by atoms with Gasteiger partial charge in [0.25, 0.3) is 15.9 Å². The fourth-order valence-corrected chi connectivity index (χ4v) is 4.95. The number of hydrogen-bond donors (Lipinski definition) is 0. The Morgan fingerprint density at radius 3 is 2.35 bits per heavy atom. The predicted octanol–water partition coefficient (Wildman–Crippen LogP) is 4.99. The minimum absolute atomic E-state index is 0.00762. The van der Waals surface area contributed by atoms with Crippen molar-refractivity contribution in [2.75, 3.05) is 17.9 Å². The fraction of sp³-hybridized carbons (Fsp3) is 0.125. The molecule has 0 unspecified atom stereocenters. The molecule has 0 fully saturated rings. The second kappa shape index (κ2) is 9.81. The zero-order valence-electron chi connectivity index (χ0n) is 17.1. The molecular weight excluding hydrogens is 432 g/mol. The van der Waals surface area contributed by atoms with E-state index in [2.05, 4.69) is 6.58 Å². The lowest BCUT2D eigenvalue weighted by molar-refractivity contribution is 0.0785. The number of carbonyl (C=O) groups excluding carboxylic acids is 1. The van der Waals surface area contributed by atoms with Crippen LogP contribution >= 0.6 is 11.6 Å². The SMILES string of the molecule is C=CCN(c1ccccc1Cl)S(=O)(=O)c1cccc(C(=O)N(C)Cc2ccccc2)c1. The predicted molar refractivity (Wildman–Crippen MR) is 125 cm³/mol. The third-order valence-corrected chi connectivity index (χ3v) is 6.79. The summed E-state index contributed by atoms with van der Waals surface area (Å²) in [7, 11) is -2.29. The Labute approximate surface area is 188 Å². The Kier molecular flexibility index (Phi) is 7.15. The third kappa shape index (κ3) is 5.16. The number of carbonyl (C=O) groups is 1. The minimum atomic E-state index is -3.97. The van der Waals surface area contributed by atoms with Crippen molar-refractivity contribution < 1.29 is 13.2 Å². The third-order valence-electron chi connectivity index (χ3n) is 4.69. The summed E-state index contributed by atoms with van der Waals surface area (Å²) < 4.78 is 28.0. The van der Waals surface area contributed by atoms with Crippen LogP contribution in [0.5, 0.6) is 0 Å². The molecule has 0 aliphatic rings. The molecule has 0 aromatic heterocycles. The Bertz CT molecular complexity index is 1180. The van der Waals surface area contributed by atoms with E-state index < -0.39 is 10.0 Å². The molecule has 0 saturated heterocycles. The molecule has 3 rings (SSSR count). The van der Waals surface area contributed by atoms with E-state index in [4.69, 9.17) is 11.6 Å². The second-order valence-electron chi connectivity index (χ2n) is 6.95. The number of amides is 1. The van der Waals surface area contributed by atoms with Gasteiger partial charge in [0.15, 0.2) is 0 Å². The lowest BCUT2D eigenvalue weighted by Gasteiger charge is -2.24. The maximum absolute atomic E-state index is 13.4. The maximum Gasteiger partial charge on any atom is 0.264 e. The largest absolute Gasteiger partial charge is 0.337 e. The number of rotatable bonds is 8. The zero-order valence-corrected chi connectivity index (χ0v) is 18.7. The molecular formula is C24H23ClN2O3S. The molecule has 0 heterocycles. The maximum atomic E-state index is 13.4. The van der Waals surface area contributed by atoms with E-state index in [1.54, 1.807) is 48.3 Å². The molecule has 0 radical (unpaired) electrons. The van der Waals surface area contributed by atoms with Crippen molar-refractivity contribution in [3.8, 4) is 0 Å². The van der Waals surface area contributed by atoms with Crippen LogP contribution in [0, 0.1) is 0 Å². The molecule has 3 aromatic carbocycles. The van der Waals surface area contributed by atoms with Crippen molar-refractivity contribution in [2.24, 2.45) is 0 Å². The van der Waals surface area contributed by atoms with Crippen LogP contribution in [0.3, 0.4) is 0 Å². The first-order valence-electron chi connectivity index (χ1n) is 9.62. The van der Waals surface area contributed by atoms with Gasteiger partial charge in [-0.25, -0.2) is 8.42 Å². The summed E-state index contributed by atoms with van der Waals surface area (Å²) in [5, 5.41) is 0.308. The number of anilines is 1. The molecule has 0 bridgehead atoms. The Morgan fingerprint density at radius 2 is 1.68 bits per heavy atom. The first-order chi connectivity index (χ1) is 14.8. The molecule has 1 amide bonds. The molecule has 0 aliphatic carbocycles. The summed E-state index contributed by atoms with van der Waals surface area (Å²) in [6, 6.07) is 22.3. The average Bonchev–Trinajstić information content (AvgIpc) is 2.78. The van der Waals surface area contributed by atoms with Gasteiger partial charge in [0.05, 0.1) is 22.2 Å². The van der Waals surface area contributed by atoms with Crippen LogP contribution in [0.2, 0.25) is 5.02 Å². The average molecular weight is 455 g/mol. The molecule has 0 aliphatic heterocycles. The van der Waals surface area contributed by atoms with Crippen molar-refractivity contribution in [1.29, 1.82) is 0 Å². The van der Waals surface area contributed by atoms with Crippen LogP contribution in [-0.4, -0.2) is 32.8 Å². The van der Waals surface area contributed by atoms with Gasteiger partial charge in [-0.05, 0) is 35.9 Å². The first-order valence-corrected chi connectivity index (χ1v) is 11.4. The van der Waals surface area contributed by atoms with Gasteiger partial charge in [0.2, 0.25) is 0 Å². The molecule has 160 valence electrons. The van der Waals surface area contributed by atoms with Gasteiger partial charge < -0.3 is 4.90 Å². The van der Waals surface area contributed by atoms with Gasteiger partial charge in [-0.1, -0.05) is 66.2 Å². The van der Waals surface area contributed by atoms with Gasteiger partial charge in [-0.2, -0.15) is 0 Å². The van der Waals surface area contributed by atoms with Gasteiger partial charge in [-0.15, -0.1) is 6.58 Å². The standard InChI is InChI=1S/C24H23ClN2O3S/c1-3-16-27(23-15-8-7-14-22(23)25)31(29,30)21-13-9-12-20(17-21)24(28)26(2)18-19-10-5-4-6-11-19/h3-15,17H,1,16,18H2,2H3. The number of para-hydroxylation sites is 1. The van der Waals surface area contributed by atoms with Crippen LogP contribution in [-0.2, 0) is 16.6 Å². The number of halogens is 1. The Hall–Kier alpha value is -3.09. The number of nitrogens with zero attached hydrogens (tertiary/aromatic N) is 2. The van der Waals surface area contributed by atoms with Crippen molar-refractivity contribution in [1.82, 2.24) is 4.90 Å². The van der Waals surface area contributed by atoms with Gasteiger partial charge >= 0.3 is 0 Å². The summed E-state index contributed by atoms with van der Waals surface area (Å²) in [4.78, 5) is 14.5. The Balaban J connectivity index is 1.92. The number of sulfonamides is 1. The second-order valence-corrected chi connectivity index (χ2v) is 9.22. The van der Waals surface area contributed by atoms with Crippen molar-refractivity contribution in [3.05, 3.63) is 108 Å². The molecule has 7 heteroatoms. The van der Waals surface area contributed by atoms with Crippen molar-refractivity contribution >= 4 is 33.2 Å². The lowest BCUT2D eigenvalue weighted by Crippen LogP contribution is -2.32. The fourth-order valence-electron chi connectivity index (χ4n) is 3.16. The highest BCUT2D eigenvalue weighted by Gasteiger charge is 2.26. The van der Waals surface area contributed by atoms with Gasteiger partial charge in [-0.3, -0.25) is 9.10 Å². The van der Waals surface area contributed by atoms with Crippen LogP contribution < -0.4 is 4.31 Å². The summed E-state index contributed by atoms with van der Waals surface area (Å²) in [6.45, 7) is 4.12. The van der Waals surface area contributed by atoms with E-state index in [-0.39, 0.29) is 22.9 Å². The Morgan fingerprint density at radius 1 is 1.00 bits per heavy atom. The van der Waals surface area contributed by atoms with Crippen LogP contribution in [0.1, 0.15) is 15.9 Å². The molecule has 5 nitrogen and oxygen atoms in total. The first kappa shape index (κ1) is 22.6. The summed E-state index contributed by atoms with van der Waals surface area (Å²) in [5.41, 5.74) is 1.62. The summed E-state index contributed by atoms with van der Waals surface area (Å²) in [6.07, 6.45) is 1.49. The van der Waals surface area contributed by atoms with Crippen LogP contribution in [0.25, 0.3) is 0 Å². The lowest BCUT2D eigenvalue weighted by atomic mass is 10.1. The molecule has 0 spiro atoms. The van der Waals surface area contributed by atoms with Gasteiger partial charge in [0.1, 0.15) is 0 Å². The van der Waals surface area contributed by atoms with E-state index in [1.807, 2.05) is 30.3 Å². The monoisotopic (exact) mass is 454 g/mol. The normalized spacial score (nSPS) is 11.0. The molecule has 31 heavy (non-hydrogen) atoms. The number of hydrogen-bond acceptors (Lipinski definition) is 3. The minimum Gasteiger partial charge on any atom is -0.337 e. The van der Waals surface area contributed by atoms with Crippen molar-refractivity contribution in [3.63, 3.8) is 0 Å². The van der Waals surface area contributed by atoms with Crippen LogP contribution in [0.15, 0.2) is 96.4 Å². The molecule has 0 N–H and O–H groups in total. The highest BCUT2D eigenvalue weighted by molar-refractivity contribution is 7.92. The highest BCUT2D eigenvalue weighted by Crippen LogP contribution is 2.30. The van der Waals surface area contributed by atoms with E-state index in [1.165, 1.54) is 22.5 Å². The van der Waals surface area contributed by atoms with Crippen LogP contribution in [0.4, 0.5) is 5.69 Å². The smallest absolute Gasteiger partial charge is 0.264 e.